The molecule has 1 fully saturated rings. The van der Waals surface area contributed by atoms with Crippen molar-refractivity contribution in [2.24, 2.45) is 0 Å². The predicted octanol–water partition coefficient (Wildman–Crippen LogP) is 1.08. The van der Waals surface area contributed by atoms with E-state index in [2.05, 4.69) is 20.6 Å². The van der Waals surface area contributed by atoms with E-state index in [1.807, 2.05) is 13.0 Å². The third-order valence-corrected chi connectivity index (χ3v) is 3.12. The summed E-state index contributed by atoms with van der Waals surface area (Å²) in [4.78, 5) is 14.0. The molecule has 0 spiro atoms. The Labute approximate surface area is 103 Å². The SMILES string of the molecule is Cc1cc(C2CCCN2C(=O)c2cn[nH]n2)on1. The van der Waals surface area contributed by atoms with Crippen LogP contribution in [0.15, 0.2) is 16.8 Å². The third-order valence-electron chi connectivity index (χ3n) is 3.12. The second kappa shape index (κ2) is 4.25. The second-order valence-corrected chi connectivity index (χ2v) is 4.38. The average molecular weight is 247 g/mol. The van der Waals surface area contributed by atoms with Gasteiger partial charge in [0.15, 0.2) is 11.5 Å². The number of amides is 1. The van der Waals surface area contributed by atoms with Crippen LogP contribution in [0.5, 0.6) is 0 Å². The number of rotatable bonds is 2. The number of likely N-dealkylation sites (tertiary alicyclic amines) is 1. The minimum atomic E-state index is -0.125. The van der Waals surface area contributed by atoms with E-state index in [9.17, 15) is 4.79 Å². The molecule has 0 bridgehead atoms. The van der Waals surface area contributed by atoms with Crippen LogP contribution in [0.25, 0.3) is 0 Å². The highest BCUT2D eigenvalue weighted by molar-refractivity contribution is 5.92. The van der Waals surface area contributed by atoms with Gasteiger partial charge in [0.05, 0.1) is 17.9 Å². The van der Waals surface area contributed by atoms with Crippen LogP contribution in [0.2, 0.25) is 0 Å². The van der Waals surface area contributed by atoms with E-state index in [0.717, 1.165) is 24.3 Å². The van der Waals surface area contributed by atoms with Gasteiger partial charge in [-0.25, -0.2) is 0 Å². The molecule has 1 saturated heterocycles. The highest BCUT2D eigenvalue weighted by atomic mass is 16.5. The van der Waals surface area contributed by atoms with Gasteiger partial charge in [-0.3, -0.25) is 4.79 Å². The maximum atomic E-state index is 12.2. The van der Waals surface area contributed by atoms with Crippen LogP contribution in [-0.2, 0) is 0 Å². The molecule has 2 aromatic rings. The molecule has 94 valence electrons. The van der Waals surface area contributed by atoms with Gasteiger partial charge in [-0.1, -0.05) is 5.16 Å². The van der Waals surface area contributed by atoms with Crippen LogP contribution in [0, 0.1) is 6.92 Å². The highest BCUT2D eigenvalue weighted by Crippen LogP contribution is 2.33. The smallest absolute Gasteiger partial charge is 0.276 e. The van der Waals surface area contributed by atoms with Crippen LogP contribution in [0.1, 0.15) is 40.8 Å². The minimum Gasteiger partial charge on any atom is -0.359 e. The Balaban J connectivity index is 1.85. The number of nitrogens with one attached hydrogen (secondary N) is 1. The zero-order valence-electron chi connectivity index (χ0n) is 9.96. The number of aromatic nitrogens is 4. The number of carbonyl (C=O) groups is 1. The van der Waals surface area contributed by atoms with Crippen LogP contribution in [0.4, 0.5) is 0 Å². The molecule has 18 heavy (non-hydrogen) atoms. The molecular formula is C11H13N5O2. The molecule has 1 amide bonds. The summed E-state index contributed by atoms with van der Waals surface area (Å²) in [6, 6.07) is 1.83. The van der Waals surface area contributed by atoms with Gasteiger partial charge in [0.25, 0.3) is 5.91 Å². The first-order chi connectivity index (χ1) is 8.75. The number of carbonyl (C=O) groups excluding carboxylic acids is 1. The number of aromatic amines is 1. The van der Waals surface area contributed by atoms with E-state index in [1.54, 1.807) is 4.90 Å². The number of hydrogen-bond acceptors (Lipinski definition) is 5. The fourth-order valence-corrected chi connectivity index (χ4v) is 2.30. The Morgan fingerprint density at radius 1 is 1.61 bits per heavy atom. The van der Waals surface area contributed by atoms with Gasteiger partial charge in [-0.05, 0) is 19.8 Å². The van der Waals surface area contributed by atoms with Crippen molar-refractivity contribution in [3.63, 3.8) is 0 Å². The van der Waals surface area contributed by atoms with Crippen LogP contribution < -0.4 is 0 Å². The van der Waals surface area contributed by atoms with Crippen LogP contribution in [-0.4, -0.2) is 37.9 Å². The Kier molecular flexibility index (Phi) is 2.58. The monoisotopic (exact) mass is 247 g/mol. The highest BCUT2D eigenvalue weighted by Gasteiger charge is 2.34. The molecule has 0 radical (unpaired) electrons. The number of hydrogen-bond donors (Lipinski definition) is 1. The van der Waals surface area contributed by atoms with Crippen molar-refractivity contribution < 1.29 is 9.32 Å². The van der Waals surface area contributed by atoms with E-state index in [-0.39, 0.29) is 11.9 Å². The fourth-order valence-electron chi connectivity index (χ4n) is 2.30. The lowest BCUT2D eigenvalue weighted by molar-refractivity contribution is 0.0708. The quantitative estimate of drug-likeness (QED) is 0.857. The zero-order chi connectivity index (χ0) is 12.5. The van der Waals surface area contributed by atoms with E-state index in [1.165, 1.54) is 6.20 Å². The number of aryl methyl sites for hydroxylation is 1. The topological polar surface area (TPSA) is 87.9 Å². The Bertz CT molecular complexity index is 548. The van der Waals surface area contributed by atoms with Crippen molar-refractivity contribution in [1.82, 2.24) is 25.5 Å². The number of H-pyrrole nitrogens is 1. The van der Waals surface area contributed by atoms with Gasteiger partial charge >= 0.3 is 0 Å². The minimum absolute atomic E-state index is 0.0459. The maximum Gasteiger partial charge on any atom is 0.276 e. The van der Waals surface area contributed by atoms with Gasteiger partial charge in [0.1, 0.15) is 0 Å². The number of nitrogens with zero attached hydrogens (tertiary/aromatic N) is 4. The van der Waals surface area contributed by atoms with Gasteiger partial charge in [0.2, 0.25) is 0 Å². The summed E-state index contributed by atoms with van der Waals surface area (Å²) in [5.41, 5.74) is 1.16. The lowest BCUT2D eigenvalue weighted by Gasteiger charge is -2.21. The Morgan fingerprint density at radius 2 is 2.50 bits per heavy atom. The normalized spacial score (nSPS) is 19.4. The molecule has 1 aliphatic rings. The molecule has 1 unspecified atom stereocenters. The summed E-state index contributed by atoms with van der Waals surface area (Å²) in [6.07, 6.45) is 3.27. The van der Waals surface area contributed by atoms with Crippen molar-refractivity contribution in [3.8, 4) is 0 Å². The first-order valence-electron chi connectivity index (χ1n) is 5.85. The lowest BCUT2D eigenvalue weighted by Crippen LogP contribution is -2.30. The Hall–Kier alpha value is -2.18. The molecule has 7 nitrogen and oxygen atoms in total. The molecule has 3 rings (SSSR count). The van der Waals surface area contributed by atoms with Crippen molar-refractivity contribution in [2.45, 2.75) is 25.8 Å². The molecule has 0 aromatic carbocycles. The molecule has 3 heterocycles. The molecule has 1 atom stereocenters. The van der Waals surface area contributed by atoms with Crippen LogP contribution >= 0.6 is 0 Å². The average Bonchev–Trinajstić information content (AvgIpc) is 3.09. The van der Waals surface area contributed by atoms with E-state index < -0.39 is 0 Å². The summed E-state index contributed by atoms with van der Waals surface area (Å²) in [7, 11) is 0. The summed E-state index contributed by atoms with van der Waals surface area (Å²) in [5, 5.41) is 13.8. The van der Waals surface area contributed by atoms with Crippen molar-refractivity contribution >= 4 is 5.91 Å². The molecule has 1 N–H and O–H groups in total. The fraction of sp³-hybridized carbons (Fsp3) is 0.455. The summed E-state index contributed by atoms with van der Waals surface area (Å²) in [5.74, 6) is 0.613. The van der Waals surface area contributed by atoms with E-state index in [4.69, 9.17) is 4.52 Å². The van der Waals surface area contributed by atoms with Gasteiger partial charge < -0.3 is 9.42 Å². The van der Waals surface area contributed by atoms with Crippen molar-refractivity contribution in [3.05, 3.63) is 29.4 Å². The largest absolute Gasteiger partial charge is 0.359 e. The molecule has 0 saturated carbocycles. The Morgan fingerprint density at radius 3 is 3.17 bits per heavy atom. The lowest BCUT2D eigenvalue weighted by atomic mass is 10.1. The first-order valence-corrected chi connectivity index (χ1v) is 5.85. The second-order valence-electron chi connectivity index (χ2n) is 4.38. The third kappa shape index (κ3) is 1.77. The van der Waals surface area contributed by atoms with Gasteiger partial charge in [-0.15, -0.1) is 0 Å². The molecule has 0 aliphatic carbocycles. The molecule has 1 aliphatic heterocycles. The van der Waals surface area contributed by atoms with Gasteiger partial charge in [-0.2, -0.15) is 15.4 Å². The van der Waals surface area contributed by atoms with Crippen LogP contribution in [0.3, 0.4) is 0 Å². The molecule has 2 aromatic heterocycles. The van der Waals surface area contributed by atoms with Gasteiger partial charge in [0, 0.05) is 12.6 Å². The maximum absolute atomic E-state index is 12.2. The molecule has 7 heteroatoms. The first kappa shape index (κ1) is 10.9. The van der Waals surface area contributed by atoms with E-state index in [0.29, 0.717) is 12.2 Å². The van der Waals surface area contributed by atoms with Crippen molar-refractivity contribution in [2.75, 3.05) is 6.54 Å². The summed E-state index contributed by atoms with van der Waals surface area (Å²) < 4.78 is 5.26. The predicted molar refractivity (Wildman–Crippen MR) is 60.6 cm³/mol. The standard InChI is InChI=1S/C11H13N5O2/c1-7-5-10(18-14-7)9-3-2-4-16(9)11(17)8-6-12-15-13-8/h5-6,9H,2-4H2,1H3,(H,12,13,15). The zero-order valence-corrected chi connectivity index (χ0v) is 9.96. The van der Waals surface area contributed by atoms with Crippen molar-refractivity contribution in [1.29, 1.82) is 0 Å². The summed E-state index contributed by atoms with van der Waals surface area (Å²) in [6.45, 7) is 2.57. The molecular weight excluding hydrogens is 234 g/mol. The summed E-state index contributed by atoms with van der Waals surface area (Å²) >= 11 is 0. The van der Waals surface area contributed by atoms with E-state index >= 15 is 0 Å².